The van der Waals surface area contributed by atoms with Gasteiger partial charge in [-0.15, -0.1) is 0 Å². The zero-order chi connectivity index (χ0) is 25.7. The van der Waals surface area contributed by atoms with Crippen LogP contribution >= 0.6 is 0 Å². The van der Waals surface area contributed by atoms with Gasteiger partial charge in [-0.1, -0.05) is 11.8 Å². The standard InChI is InChI=1S/C28H27F3N2O3/c1-36-20-6-9-27-22(16-20)21(10-12-32-27)24(29)8-5-19-11-14-33(17-23(19)28(34)35)13-2-3-18-4-7-25(30)26(31)15-18/h4,6-7,9-10,12,15-16,19,23-24H,5,8,11,13-14,17H2,1H3,(H,34,35)/t19-,23+,24+/m1/s1. The van der Waals surface area contributed by atoms with Crippen molar-refractivity contribution < 1.29 is 27.8 Å². The third-order valence-corrected chi connectivity index (χ3v) is 6.72. The number of likely N-dealkylation sites (tertiary alicyclic amines) is 1. The highest BCUT2D eigenvalue weighted by Gasteiger charge is 2.34. The van der Waals surface area contributed by atoms with Crippen LogP contribution in [0.4, 0.5) is 13.2 Å². The van der Waals surface area contributed by atoms with E-state index < -0.39 is 29.7 Å². The Hall–Kier alpha value is -3.57. The Morgan fingerprint density at radius 3 is 2.81 bits per heavy atom. The molecule has 0 bridgehead atoms. The summed E-state index contributed by atoms with van der Waals surface area (Å²) >= 11 is 0. The molecule has 1 aliphatic rings. The average Bonchev–Trinajstić information content (AvgIpc) is 2.88. The lowest BCUT2D eigenvalue weighted by molar-refractivity contribution is -0.146. The van der Waals surface area contributed by atoms with Crippen molar-refractivity contribution >= 4 is 16.9 Å². The van der Waals surface area contributed by atoms with Crippen molar-refractivity contribution in [1.82, 2.24) is 9.88 Å². The van der Waals surface area contributed by atoms with Crippen LogP contribution in [0.5, 0.6) is 5.75 Å². The first-order chi connectivity index (χ1) is 17.4. The number of benzene rings is 2. The Balaban J connectivity index is 1.37. The van der Waals surface area contributed by atoms with Gasteiger partial charge in [-0.2, -0.15) is 0 Å². The van der Waals surface area contributed by atoms with Gasteiger partial charge >= 0.3 is 5.97 Å². The highest BCUT2D eigenvalue weighted by molar-refractivity contribution is 5.83. The van der Waals surface area contributed by atoms with Crippen molar-refractivity contribution in [3.05, 3.63) is 71.4 Å². The summed E-state index contributed by atoms with van der Waals surface area (Å²) in [6, 6.07) is 10.4. The van der Waals surface area contributed by atoms with Crippen LogP contribution in [-0.4, -0.2) is 47.7 Å². The number of ether oxygens (including phenoxy) is 1. The maximum Gasteiger partial charge on any atom is 0.308 e. The smallest absolute Gasteiger partial charge is 0.308 e. The highest BCUT2D eigenvalue weighted by atomic mass is 19.2. The van der Waals surface area contributed by atoms with Crippen LogP contribution in [0.3, 0.4) is 0 Å². The number of hydrogen-bond acceptors (Lipinski definition) is 4. The molecule has 1 N–H and O–H groups in total. The van der Waals surface area contributed by atoms with Gasteiger partial charge in [0.1, 0.15) is 11.9 Å². The van der Waals surface area contributed by atoms with Crippen molar-refractivity contribution in [3.8, 4) is 17.6 Å². The van der Waals surface area contributed by atoms with Gasteiger partial charge in [0.25, 0.3) is 0 Å². The van der Waals surface area contributed by atoms with Crippen LogP contribution in [-0.2, 0) is 4.79 Å². The Morgan fingerprint density at radius 2 is 2.06 bits per heavy atom. The molecule has 1 aliphatic heterocycles. The molecule has 188 valence electrons. The van der Waals surface area contributed by atoms with Crippen molar-refractivity contribution in [2.75, 3.05) is 26.7 Å². The Morgan fingerprint density at radius 1 is 1.22 bits per heavy atom. The molecule has 1 aromatic heterocycles. The van der Waals surface area contributed by atoms with Gasteiger partial charge in [0.15, 0.2) is 11.6 Å². The number of aromatic nitrogens is 1. The topological polar surface area (TPSA) is 62.7 Å². The van der Waals surface area contributed by atoms with Crippen molar-refractivity contribution in [2.24, 2.45) is 11.8 Å². The van der Waals surface area contributed by atoms with E-state index in [-0.39, 0.29) is 12.3 Å². The number of aliphatic carboxylic acids is 1. The molecule has 3 atom stereocenters. The quantitative estimate of drug-likeness (QED) is 0.445. The molecule has 8 heteroatoms. The summed E-state index contributed by atoms with van der Waals surface area (Å²) in [7, 11) is 1.55. The molecule has 36 heavy (non-hydrogen) atoms. The van der Waals surface area contributed by atoms with E-state index >= 15 is 4.39 Å². The number of hydrogen-bond donors (Lipinski definition) is 1. The SMILES string of the molecule is COc1ccc2nccc([C@@H](F)CC[C@@H]3CCN(CC#Cc4ccc(F)c(F)c4)C[C@@H]3C(=O)O)c2c1. The summed E-state index contributed by atoms with van der Waals surface area (Å²) in [5, 5.41) is 10.5. The van der Waals surface area contributed by atoms with E-state index in [4.69, 9.17) is 4.74 Å². The molecule has 0 saturated carbocycles. The summed E-state index contributed by atoms with van der Waals surface area (Å²) in [4.78, 5) is 18.2. The van der Waals surface area contributed by atoms with Crippen LogP contribution in [0, 0.1) is 35.3 Å². The van der Waals surface area contributed by atoms with E-state index in [1.54, 1.807) is 37.6 Å². The highest BCUT2D eigenvalue weighted by Crippen LogP contribution is 2.35. The summed E-state index contributed by atoms with van der Waals surface area (Å²) in [5.41, 5.74) is 1.56. The lowest BCUT2D eigenvalue weighted by Crippen LogP contribution is -2.44. The van der Waals surface area contributed by atoms with Gasteiger partial charge in [0.05, 0.1) is 25.1 Å². The van der Waals surface area contributed by atoms with Crippen LogP contribution in [0.1, 0.15) is 36.6 Å². The van der Waals surface area contributed by atoms with E-state index in [9.17, 15) is 18.7 Å². The predicted molar refractivity (Wildman–Crippen MR) is 130 cm³/mol. The molecule has 2 aromatic carbocycles. The first-order valence-electron chi connectivity index (χ1n) is 11.8. The molecule has 0 spiro atoms. The summed E-state index contributed by atoms with van der Waals surface area (Å²) in [6.45, 7) is 1.25. The largest absolute Gasteiger partial charge is 0.497 e. The number of piperidine rings is 1. The summed E-state index contributed by atoms with van der Waals surface area (Å²) in [6.07, 6.45) is 1.59. The minimum absolute atomic E-state index is 0.154. The predicted octanol–water partition coefficient (Wildman–Crippen LogP) is 5.39. The maximum absolute atomic E-state index is 15.3. The Kier molecular flexibility index (Phi) is 8.11. The summed E-state index contributed by atoms with van der Waals surface area (Å²) < 4.78 is 47.0. The van der Waals surface area contributed by atoms with E-state index in [0.717, 1.165) is 12.1 Å². The number of nitrogens with zero attached hydrogens (tertiary/aromatic N) is 2. The van der Waals surface area contributed by atoms with Gasteiger partial charge in [0.2, 0.25) is 0 Å². The molecule has 0 radical (unpaired) electrons. The normalized spacial score (nSPS) is 18.9. The third kappa shape index (κ3) is 5.97. The van der Waals surface area contributed by atoms with E-state index in [2.05, 4.69) is 16.8 Å². The van der Waals surface area contributed by atoms with Crippen LogP contribution in [0.25, 0.3) is 10.9 Å². The molecule has 2 heterocycles. The lowest BCUT2D eigenvalue weighted by Gasteiger charge is -2.35. The average molecular weight is 497 g/mol. The van der Waals surface area contributed by atoms with Gasteiger partial charge in [-0.3, -0.25) is 14.7 Å². The second kappa shape index (κ2) is 11.4. The van der Waals surface area contributed by atoms with Crippen molar-refractivity contribution in [3.63, 3.8) is 0 Å². The van der Waals surface area contributed by atoms with Crippen LogP contribution < -0.4 is 4.74 Å². The molecule has 1 fully saturated rings. The zero-order valence-electron chi connectivity index (χ0n) is 19.9. The minimum atomic E-state index is -1.25. The molecule has 3 aromatic rings. The van der Waals surface area contributed by atoms with E-state index in [1.807, 2.05) is 4.90 Å². The molecule has 0 aliphatic carbocycles. The van der Waals surface area contributed by atoms with E-state index in [0.29, 0.717) is 60.3 Å². The fourth-order valence-electron chi connectivity index (χ4n) is 4.73. The second-order valence-corrected chi connectivity index (χ2v) is 8.99. The number of pyridine rings is 1. The molecule has 0 unspecified atom stereocenters. The van der Waals surface area contributed by atoms with Crippen LogP contribution in [0.15, 0.2) is 48.7 Å². The molecule has 4 rings (SSSR count). The fraction of sp³-hybridized carbons (Fsp3) is 0.357. The first-order valence-corrected chi connectivity index (χ1v) is 11.8. The number of methoxy groups -OCH3 is 1. The number of carbonyl (C=O) groups is 1. The lowest BCUT2D eigenvalue weighted by atomic mass is 9.81. The van der Waals surface area contributed by atoms with Crippen molar-refractivity contribution in [2.45, 2.75) is 25.4 Å². The number of carboxylic acids is 1. The molecule has 1 saturated heterocycles. The first kappa shape index (κ1) is 25.5. The second-order valence-electron chi connectivity index (χ2n) is 8.99. The monoisotopic (exact) mass is 496 g/mol. The number of fused-ring (bicyclic) bond motifs is 1. The fourth-order valence-corrected chi connectivity index (χ4v) is 4.73. The number of rotatable bonds is 7. The number of carboxylic acid groups (broad SMARTS) is 1. The molecule has 0 amide bonds. The third-order valence-electron chi connectivity index (χ3n) is 6.72. The molecular formula is C28H27F3N2O3. The zero-order valence-corrected chi connectivity index (χ0v) is 19.9. The Labute approximate surface area is 207 Å². The molecular weight excluding hydrogens is 469 g/mol. The number of halogens is 3. The van der Waals surface area contributed by atoms with Gasteiger partial charge in [0, 0.05) is 23.7 Å². The van der Waals surface area contributed by atoms with Crippen LogP contribution in [0.2, 0.25) is 0 Å². The van der Waals surface area contributed by atoms with E-state index in [1.165, 1.54) is 6.07 Å². The van der Waals surface area contributed by atoms with Gasteiger partial charge < -0.3 is 9.84 Å². The maximum atomic E-state index is 15.3. The summed E-state index contributed by atoms with van der Waals surface area (Å²) in [5.74, 6) is 2.73. The number of alkyl halides is 1. The Bertz CT molecular complexity index is 1300. The van der Waals surface area contributed by atoms with Gasteiger partial charge in [-0.25, -0.2) is 13.2 Å². The molecule has 5 nitrogen and oxygen atoms in total. The van der Waals surface area contributed by atoms with Gasteiger partial charge in [-0.05, 0) is 79.8 Å². The minimum Gasteiger partial charge on any atom is -0.497 e. The van der Waals surface area contributed by atoms with Crippen molar-refractivity contribution in [1.29, 1.82) is 0 Å².